The molecule has 4 nitrogen and oxygen atoms in total. The summed E-state index contributed by atoms with van der Waals surface area (Å²) in [5.74, 6) is 0.784. The lowest BCUT2D eigenvalue weighted by atomic mass is 9.84. The normalized spacial score (nSPS) is 16.3. The molecule has 2 bridgehead atoms. The molecule has 0 amide bonds. The highest BCUT2D eigenvalue weighted by Crippen LogP contribution is 2.37. The molecule has 1 fully saturated rings. The van der Waals surface area contributed by atoms with Gasteiger partial charge in [0.05, 0.1) is 15.5 Å². The van der Waals surface area contributed by atoms with Crippen LogP contribution < -0.4 is 0 Å². The molecule has 8 heteroatoms. The molecule has 136 valence electrons. The Bertz CT molecular complexity index is 797. The molecule has 26 heavy (non-hydrogen) atoms. The van der Waals surface area contributed by atoms with E-state index in [-0.39, 0.29) is 0 Å². The second-order valence-electron chi connectivity index (χ2n) is 6.27. The number of thiocarbonyl (C=S) groups is 3. The number of hydrogen-bond donors (Lipinski definition) is 0. The van der Waals surface area contributed by atoms with Gasteiger partial charge in [0.25, 0.3) is 0 Å². The lowest BCUT2D eigenvalue weighted by molar-refractivity contribution is 0.444. The van der Waals surface area contributed by atoms with E-state index in [1.807, 2.05) is 6.92 Å². The number of isothiocyanates is 3. The molecule has 2 aromatic heterocycles. The SMILES string of the molecule is CCC[Si](N=C=S)(N=C=S)N=C=S.c1cc2oc1cc2C1CCCCC1. The maximum atomic E-state index is 5.57. The van der Waals surface area contributed by atoms with Gasteiger partial charge in [-0.05, 0) is 73.6 Å². The van der Waals surface area contributed by atoms with Gasteiger partial charge in [0.1, 0.15) is 11.2 Å². The van der Waals surface area contributed by atoms with Gasteiger partial charge >= 0.3 is 8.56 Å². The molecule has 0 unspecified atom stereocenters. The predicted molar refractivity (Wildman–Crippen MR) is 119 cm³/mol. The van der Waals surface area contributed by atoms with E-state index in [1.165, 1.54) is 37.7 Å². The van der Waals surface area contributed by atoms with Crippen LogP contribution in [-0.4, -0.2) is 24.0 Å². The molecule has 1 saturated carbocycles. The first-order valence-electron chi connectivity index (χ1n) is 8.77. The third-order valence-electron chi connectivity index (χ3n) is 4.51. The topological polar surface area (TPSA) is 50.2 Å². The molecule has 0 saturated heterocycles. The largest absolute Gasteiger partial charge is 0.461 e. The highest BCUT2D eigenvalue weighted by molar-refractivity contribution is 7.78. The Hall–Kier alpha value is -1.36. The van der Waals surface area contributed by atoms with Crippen molar-refractivity contribution < 1.29 is 4.42 Å². The number of hydrogen-bond acceptors (Lipinski definition) is 7. The summed E-state index contributed by atoms with van der Waals surface area (Å²) in [5.41, 5.74) is 3.65. The standard InChI is InChI=1S/C12H14O.C6H7N3S3Si/c1-2-4-9(5-3-1)11-8-10-6-7-12(11)13-10;1-2-3-13(7-4-10,8-5-11)9-6-12/h6-9H,1-5H2;2-3H2,1H3. The van der Waals surface area contributed by atoms with Gasteiger partial charge in [-0.1, -0.05) is 32.6 Å². The molecule has 1 aliphatic carbocycles. The van der Waals surface area contributed by atoms with Crippen LogP contribution in [-0.2, 0) is 0 Å². The maximum Gasteiger partial charge on any atom is 0.461 e. The monoisotopic (exact) mass is 419 g/mol. The van der Waals surface area contributed by atoms with E-state index in [0.29, 0.717) is 6.04 Å². The fourth-order valence-corrected chi connectivity index (χ4v) is 6.25. The first kappa shape index (κ1) is 20.9. The summed E-state index contributed by atoms with van der Waals surface area (Å²) in [6.07, 6.45) is 7.82. The summed E-state index contributed by atoms with van der Waals surface area (Å²) in [4.78, 5) is 0. The molecule has 0 atom stereocenters. The molecule has 0 spiro atoms. The van der Waals surface area contributed by atoms with Crippen LogP contribution in [0.4, 0.5) is 0 Å². The van der Waals surface area contributed by atoms with Crippen molar-refractivity contribution in [3.63, 3.8) is 0 Å². The second-order valence-corrected chi connectivity index (χ2v) is 9.54. The van der Waals surface area contributed by atoms with Crippen LogP contribution in [0.25, 0.3) is 11.2 Å². The molecule has 1 aliphatic rings. The fraction of sp³-hybridized carbons (Fsp3) is 0.500. The lowest BCUT2D eigenvalue weighted by Gasteiger charge is -2.20. The first-order chi connectivity index (χ1) is 12.7. The third-order valence-corrected chi connectivity index (χ3v) is 7.85. The van der Waals surface area contributed by atoms with Crippen LogP contribution >= 0.6 is 36.7 Å². The van der Waals surface area contributed by atoms with Gasteiger partial charge < -0.3 is 4.42 Å². The van der Waals surface area contributed by atoms with Gasteiger partial charge in [-0.15, -0.1) is 0 Å². The molecule has 0 aliphatic heterocycles. The van der Waals surface area contributed by atoms with E-state index in [1.54, 1.807) is 0 Å². The van der Waals surface area contributed by atoms with Crippen molar-refractivity contribution >= 4 is 71.9 Å². The molecule has 0 aromatic carbocycles. The van der Waals surface area contributed by atoms with Gasteiger partial charge in [0.2, 0.25) is 0 Å². The number of nitrogens with zero attached hydrogens (tertiary/aromatic N) is 3. The molecule has 3 rings (SSSR count). The van der Waals surface area contributed by atoms with Crippen LogP contribution in [0.5, 0.6) is 0 Å². The van der Waals surface area contributed by atoms with Crippen molar-refractivity contribution in [3.05, 3.63) is 23.8 Å². The van der Waals surface area contributed by atoms with E-state index in [9.17, 15) is 0 Å². The van der Waals surface area contributed by atoms with Crippen molar-refractivity contribution in [1.82, 2.24) is 0 Å². The summed E-state index contributed by atoms with van der Waals surface area (Å²) in [7, 11) is -2.57. The molecular weight excluding hydrogens is 399 g/mol. The number of fused-ring (bicyclic) bond motifs is 2. The van der Waals surface area contributed by atoms with Crippen LogP contribution in [0.3, 0.4) is 0 Å². The van der Waals surface area contributed by atoms with E-state index in [2.05, 4.69) is 84.3 Å². The average Bonchev–Trinajstić information content (AvgIpc) is 3.27. The highest BCUT2D eigenvalue weighted by Gasteiger charge is 2.33. The Balaban J connectivity index is 0.000000187. The zero-order valence-electron chi connectivity index (χ0n) is 14.7. The summed E-state index contributed by atoms with van der Waals surface area (Å²) in [6.45, 7) is 2.00. The van der Waals surface area contributed by atoms with Gasteiger partial charge in [0.15, 0.2) is 0 Å². The van der Waals surface area contributed by atoms with E-state index in [4.69, 9.17) is 4.42 Å². The molecular formula is C18H21N3OS3Si. The minimum absolute atomic E-state index is 0.698. The lowest BCUT2D eigenvalue weighted by Crippen LogP contribution is -2.26. The average molecular weight is 420 g/mol. The fourth-order valence-electron chi connectivity index (χ4n) is 3.34. The molecule has 2 aromatic rings. The zero-order chi connectivity index (χ0) is 18.8. The van der Waals surface area contributed by atoms with Crippen molar-refractivity contribution in [1.29, 1.82) is 0 Å². The third kappa shape index (κ3) is 5.57. The van der Waals surface area contributed by atoms with Crippen molar-refractivity contribution in [2.45, 2.75) is 57.4 Å². The van der Waals surface area contributed by atoms with Crippen LogP contribution in [0.15, 0.2) is 36.6 Å². The smallest absolute Gasteiger partial charge is 0.457 e. The minimum Gasteiger partial charge on any atom is -0.457 e. The zero-order valence-corrected chi connectivity index (χ0v) is 18.2. The van der Waals surface area contributed by atoms with Crippen LogP contribution in [0, 0.1) is 0 Å². The Morgan fingerprint density at radius 3 is 2.08 bits per heavy atom. The van der Waals surface area contributed by atoms with Crippen LogP contribution in [0.2, 0.25) is 6.04 Å². The summed E-state index contributed by atoms with van der Waals surface area (Å²) in [6, 6.07) is 7.09. The van der Waals surface area contributed by atoms with Crippen LogP contribution in [0.1, 0.15) is 56.9 Å². The number of benzene rings is 1. The minimum atomic E-state index is -2.57. The number of furan rings is 2. The van der Waals surface area contributed by atoms with Crippen molar-refractivity contribution in [2.75, 3.05) is 0 Å². The Morgan fingerprint density at radius 2 is 1.65 bits per heavy atom. The van der Waals surface area contributed by atoms with Gasteiger partial charge in [-0.3, -0.25) is 0 Å². The first-order valence-corrected chi connectivity index (χ1v) is 12.0. The van der Waals surface area contributed by atoms with E-state index < -0.39 is 8.56 Å². The van der Waals surface area contributed by atoms with E-state index >= 15 is 0 Å². The number of rotatable bonds is 6. The van der Waals surface area contributed by atoms with Gasteiger partial charge in [-0.25, -0.2) is 14.0 Å². The predicted octanol–water partition coefficient (Wildman–Crippen LogP) is 6.56. The summed E-state index contributed by atoms with van der Waals surface area (Å²) in [5, 5.41) is 6.82. The Labute approximate surface area is 171 Å². The van der Waals surface area contributed by atoms with Crippen molar-refractivity contribution in [2.24, 2.45) is 14.0 Å². The maximum absolute atomic E-state index is 5.57. The quantitative estimate of drug-likeness (QED) is 0.302. The summed E-state index contributed by atoms with van der Waals surface area (Å²) >= 11 is 13.6. The molecule has 0 N–H and O–H groups in total. The highest BCUT2D eigenvalue weighted by atomic mass is 32.1. The second kappa shape index (κ2) is 10.7. The van der Waals surface area contributed by atoms with E-state index in [0.717, 1.165) is 23.5 Å². The summed E-state index contributed by atoms with van der Waals surface area (Å²) < 4.78 is 17.4. The Morgan fingerprint density at radius 1 is 1.04 bits per heavy atom. The Kier molecular flexibility index (Phi) is 8.62. The van der Waals surface area contributed by atoms with Gasteiger partial charge in [-0.2, -0.15) is 0 Å². The molecule has 2 heterocycles. The van der Waals surface area contributed by atoms with Gasteiger partial charge in [0, 0.05) is 11.6 Å². The van der Waals surface area contributed by atoms with Crippen molar-refractivity contribution in [3.8, 4) is 0 Å². The molecule has 0 radical (unpaired) electrons.